The minimum atomic E-state index is 0.00744. The third-order valence-electron chi connectivity index (χ3n) is 3.58. The van der Waals surface area contributed by atoms with Gasteiger partial charge in [0.25, 0.3) is 0 Å². The van der Waals surface area contributed by atoms with Gasteiger partial charge in [0, 0.05) is 24.2 Å². The van der Waals surface area contributed by atoms with E-state index in [1.54, 1.807) is 27.3 Å². The number of ether oxygens (including phenoxy) is 3. The molecule has 0 bridgehead atoms. The molecule has 0 spiro atoms. The number of carbonyl (C=O) groups is 1. The zero-order valence-corrected chi connectivity index (χ0v) is 14.7. The van der Waals surface area contributed by atoms with Crippen LogP contribution < -0.4 is 19.1 Å². The standard InChI is InChI=1S/C19H23NO4/c1-13(2)24-19-10-15(17(22-4)11-18(19)23-5)14-8-6-7-9-16(14)20(3)12-21/h6-13H,1-5H3. The first-order valence-corrected chi connectivity index (χ1v) is 7.72. The van der Waals surface area contributed by atoms with Crippen molar-refractivity contribution in [2.24, 2.45) is 0 Å². The summed E-state index contributed by atoms with van der Waals surface area (Å²) in [6.45, 7) is 3.91. The van der Waals surface area contributed by atoms with Crippen molar-refractivity contribution < 1.29 is 19.0 Å². The Morgan fingerprint density at radius 1 is 0.958 bits per heavy atom. The van der Waals surface area contributed by atoms with Crippen LogP contribution in [-0.4, -0.2) is 33.8 Å². The minimum Gasteiger partial charge on any atom is -0.496 e. The quantitative estimate of drug-likeness (QED) is 0.726. The molecule has 0 saturated heterocycles. The average Bonchev–Trinajstić information content (AvgIpc) is 2.60. The van der Waals surface area contributed by atoms with Crippen molar-refractivity contribution >= 4 is 12.1 Å². The summed E-state index contributed by atoms with van der Waals surface area (Å²) in [5.41, 5.74) is 2.49. The monoisotopic (exact) mass is 329 g/mol. The van der Waals surface area contributed by atoms with Crippen LogP contribution >= 0.6 is 0 Å². The van der Waals surface area contributed by atoms with Gasteiger partial charge in [-0.15, -0.1) is 0 Å². The number of amides is 1. The van der Waals surface area contributed by atoms with Crippen LogP contribution in [0.2, 0.25) is 0 Å². The number of benzene rings is 2. The Kier molecular flexibility index (Phi) is 5.68. The van der Waals surface area contributed by atoms with Gasteiger partial charge in [-0.05, 0) is 26.0 Å². The van der Waals surface area contributed by atoms with Crippen LogP contribution in [-0.2, 0) is 4.79 Å². The Morgan fingerprint density at radius 3 is 2.21 bits per heavy atom. The molecule has 0 radical (unpaired) electrons. The topological polar surface area (TPSA) is 48.0 Å². The molecule has 0 aliphatic heterocycles. The van der Waals surface area contributed by atoms with E-state index in [1.165, 1.54) is 4.90 Å². The normalized spacial score (nSPS) is 10.4. The van der Waals surface area contributed by atoms with Gasteiger partial charge in [0.05, 0.1) is 26.0 Å². The Morgan fingerprint density at radius 2 is 1.62 bits per heavy atom. The van der Waals surface area contributed by atoms with Gasteiger partial charge in [-0.25, -0.2) is 0 Å². The number of rotatable bonds is 7. The highest BCUT2D eigenvalue weighted by atomic mass is 16.5. The van der Waals surface area contributed by atoms with Gasteiger partial charge in [-0.1, -0.05) is 18.2 Å². The fourth-order valence-corrected chi connectivity index (χ4v) is 2.49. The molecule has 1 amide bonds. The fourth-order valence-electron chi connectivity index (χ4n) is 2.49. The van der Waals surface area contributed by atoms with Gasteiger partial charge < -0.3 is 19.1 Å². The molecule has 0 aromatic heterocycles. The fraction of sp³-hybridized carbons (Fsp3) is 0.316. The summed E-state index contributed by atoms with van der Waals surface area (Å²) in [4.78, 5) is 12.7. The summed E-state index contributed by atoms with van der Waals surface area (Å²) in [5.74, 6) is 1.88. The Balaban J connectivity index is 2.67. The number of anilines is 1. The molecular formula is C19H23NO4. The summed E-state index contributed by atoms with van der Waals surface area (Å²) in [6, 6.07) is 11.3. The first-order chi connectivity index (χ1) is 11.5. The van der Waals surface area contributed by atoms with Gasteiger partial charge in [-0.3, -0.25) is 4.79 Å². The maximum absolute atomic E-state index is 11.2. The van der Waals surface area contributed by atoms with Crippen LogP contribution in [0.25, 0.3) is 11.1 Å². The lowest BCUT2D eigenvalue weighted by Crippen LogP contribution is -2.14. The summed E-state index contributed by atoms with van der Waals surface area (Å²) in [6.07, 6.45) is 0.786. The molecule has 0 N–H and O–H groups in total. The first-order valence-electron chi connectivity index (χ1n) is 7.72. The van der Waals surface area contributed by atoms with Crippen molar-refractivity contribution in [3.63, 3.8) is 0 Å². The highest BCUT2D eigenvalue weighted by Crippen LogP contribution is 2.43. The SMILES string of the molecule is COc1cc(OC)c(-c2ccccc2N(C)C=O)cc1OC(C)C. The molecule has 0 fully saturated rings. The highest BCUT2D eigenvalue weighted by Gasteiger charge is 2.18. The lowest BCUT2D eigenvalue weighted by Gasteiger charge is -2.20. The Hall–Kier alpha value is -2.69. The molecule has 0 atom stereocenters. The van der Waals surface area contributed by atoms with Crippen molar-refractivity contribution in [2.75, 3.05) is 26.2 Å². The van der Waals surface area contributed by atoms with E-state index < -0.39 is 0 Å². The zero-order valence-electron chi connectivity index (χ0n) is 14.7. The largest absolute Gasteiger partial charge is 0.496 e. The molecular weight excluding hydrogens is 306 g/mol. The third-order valence-corrected chi connectivity index (χ3v) is 3.58. The van der Waals surface area contributed by atoms with Gasteiger partial charge in [0.1, 0.15) is 5.75 Å². The van der Waals surface area contributed by atoms with Gasteiger partial charge >= 0.3 is 0 Å². The molecule has 5 heteroatoms. The zero-order chi connectivity index (χ0) is 17.7. The molecule has 2 rings (SSSR count). The number of methoxy groups -OCH3 is 2. The van der Waals surface area contributed by atoms with Crippen molar-refractivity contribution in [3.05, 3.63) is 36.4 Å². The Labute approximate surface area is 142 Å². The van der Waals surface area contributed by atoms with Gasteiger partial charge in [-0.2, -0.15) is 0 Å². The Bertz CT molecular complexity index is 713. The third kappa shape index (κ3) is 3.62. The summed E-state index contributed by atoms with van der Waals surface area (Å²) in [7, 11) is 4.91. The lowest BCUT2D eigenvalue weighted by atomic mass is 10.0. The molecule has 0 aliphatic rings. The van der Waals surface area contributed by atoms with Crippen LogP contribution in [0.15, 0.2) is 36.4 Å². The molecule has 2 aromatic rings. The van der Waals surface area contributed by atoms with E-state index >= 15 is 0 Å². The number of carbonyl (C=O) groups excluding carboxylic acids is 1. The van der Waals surface area contributed by atoms with Crippen LogP contribution in [0.3, 0.4) is 0 Å². The number of hydrogen-bond acceptors (Lipinski definition) is 4. The van der Waals surface area contributed by atoms with Crippen molar-refractivity contribution in [3.8, 4) is 28.4 Å². The molecule has 24 heavy (non-hydrogen) atoms. The smallest absolute Gasteiger partial charge is 0.213 e. The second-order valence-corrected chi connectivity index (χ2v) is 5.60. The molecule has 0 saturated carbocycles. The van der Waals surface area contributed by atoms with Crippen LogP contribution in [0, 0.1) is 0 Å². The minimum absolute atomic E-state index is 0.00744. The van der Waals surface area contributed by atoms with Crippen molar-refractivity contribution in [1.82, 2.24) is 0 Å². The van der Waals surface area contributed by atoms with E-state index in [0.29, 0.717) is 17.2 Å². The van der Waals surface area contributed by atoms with E-state index in [2.05, 4.69) is 0 Å². The summed E-state index contributed by atoms with van der Waals surface area (Å²) >= 11 is 0. The molecule has 0 unspecified atom stereocenters. The predicted octanol–water partition coefficient (Wildman–Crippen LogP) is 3.75. The molecule has 0 heterocycles. The molecule has 0 aliphatic carbocycles. The predicted molar refractivity (Wildman–Crippen MR) is 95.2 cm³/mol. The van der Waals surface area contributed by atoms with E-state index in [-0.39, 0.29) is 6.10 Å². The second-order valence-electron chi connectivity index (χ2n) is 5.60. The van der Waals surface area contributed by atoms with E-state index in [1.807, 2.05) is 44.2 Å². The number of para-hydroxylation sites is 1. The van der Waals surface area contributed by atoms with Crippen LogP contribution in [0.1, 0.15) is 13.8 Å². The summed E-state index contributed by atoms with van der Waals surface area (Å²) < 4.78 is 16.8. The number of nitrogens with zero attached hydrogens (tertiary/aromatic N) is 1. The maximum Gasteiger partial charge on any atom is 0.213 e. The van der Waals surface area contributed by atoms with Gasteiger partial charge in [0.2, 0.25) is 6.41 Å². The molecule has 2 aromatic carbocycles. The highest BCUT2D eigenvalue weighted by molar-refractivity contribution is 5.89. The van der Waals surface area contributed by atoms with Crippen molar-refractivity contribution in [1.29, 1.82) is 0 Å². The van der Waals surface area contributed by atoms with Crippen LogP contribution in [0.4, 0.5) is 5.69 Å². The molecule has 5 nitrogen and oxygen atoms in total. The van der Waals surface area contributed by atoms with Crippen molar-refractivity contribution in [2.45, 2.75) is 20.0 Å². The lowest BCUT2D eigenvalue weighted by molar-refractivity contribution is -0.107. The average molecular weight is 329 g/mol. The second kappa shape index (κ2) is 7.73. The number of hydrogen-bond donors (Lipinski definition) is 0. The van der Waals surface area contributed by atoms with Crippen LogP contribution in [0.5, 0.6) is 17.2 Å². The maximum atomic E-state index is 11.2. The van der Waals surface area contributed by atoms with E-state index in [0.717, 1.165) is 23.2 Å². The summed E-state index contributed by atoms with van der Waals surface area (Å²) in [5, 5.41) is 0. The van der Waals surface area contributed by atoms with E-state index in [4.69, 9.17) is 14.2 Å². The van der Waals surface area contributed by atoms with E-state index in [9.17, 15) is 4.79 Å². The molecule has 128 valence electrons. The van der Waals surface area contributed by atoms with Gasteiger partial charge in [0.15, 0.2) is 11.5 Å². The first kappa shape index (κ1) is 17.7.